The molecule has 2 nitrogen and oxygen atoms in total. The van der Waals surface area contributed by atoms with Gasteiger partial charge < -0.3 is 4.74 Å². The van der Waals surface area contributed by atoms with Gasteiger partial charge in [0, 0.05) is 13.3 Å². The number of ether oxygens (including phenoxy) is 1. The molecule has 1 fully saturated rings. The van der Waals surface area contributed by atoms with Crippen LogP contribution in [0.2, 0.25) is 0 Å². The van der Waals surface area contributed by atoms with Gasteiger partial charge in [-0.1, -0.05) is 11.6 Å². The van der Waals surface area contributed by atoms with Crippen molar-refractivity contribution in [2.24, 2.45) is 0 Å². The van der Waals surface area contributed by atoms with Crippen molar-refractivity contribution in [3.8, 4) is 0 Å². The highest BCUT2D eigenvalue weighted by molar-refractivity contribution is 5.66. The van der Waals surface area contributed by atoms with Crippen LogP contribution in [0.4, 0.5) is 0 Å². The molecule has 1 unspecified atom stereocenters. The average Bonchev–Trinajstić information content (AvgIpc) is 2.08. The third-order valence-electron chi connectivity index (χ3n) is 3.40. The van der Waals surface area contributed by atoms with Gasteiger partial charge in [0.25, 0.3) is 0 Å². The molecule has 14 heavy (non-hydrogen) atoms. The predicted molar refractivity (Wildman–Crippen MR) is 54.9 cm³/mol. The van der Waals surface area contributed by atoms with Crippen LogP contribution in [-0.4, -0.2) is 11.6 Å². The van der Waals surface area contributed by atoms with Gasteiger partial charge in [-0.15, -0.1) is 0 Å². The number of carbonyl (C=O) groups is 1. The van der Waals surface area contributed by atoms with Crippen LogP contribution < -0.4 is 0 Å². The summed E-state index contributed by atoms with van der Waals surface area (Å²) in [6.45, 7) is 1.52. The molecule has 0 amide bonds. The molecule has 0 heterocycles. The fourth-order valence-corrected chi connectivity index (χ4v) is 2.62. The van der Waals surface area contributed by atoms with E-state index < -0.39 is 0 Å². The molecule has 1 atom stereocenters. The Morgan fingerprint density at radius 1 is 1.36 bits per heavy atom. The molecule has 1 saturated carbocycles. The normalized spacial score (nSPS) is 31.6. The van der Waals surface area contributed by atoms with Crippen LogP contribution in [0.5, 0.6) is 0 Å². The van der Waals surface area contributed by atoms with E-state index in [2.05, 4.69) is 6.08 Å². The molecular formula is C12H18O2. The summed E-state index contributed by atoms with van der Waals surface area (Å²) in [5.74, 6) is -0.123. The summed E-state index contributed by atoms with van der Waals surface area (Å²) in [6.07, 6.45) is 10.2. The van der Waals surface area contributed by atoms with Gasteiger partial charge in [0.15, 0.2) is 0 Å². The number of hydrogen-bond donors (Lipinski definition) is 0. The van der Waals surface area contributed by atoms with Crippen LogP contribution in [-0.2, 0) is 9.53 Å². The van der Waals surface area contributed by atoms with Gasteiger partial charge in [-0.3, -0.25) is 4.79 Å². The maximum Gasteiger partial charge on any atom is 0.303 e. The molecule has 3 aliphatic rings. The van der Waals surface area contributed by atoms with Crippen LogP contribution in [0.1, 0.15) is 51.9 Å². The molecule has 0 aromatic carbocycles. The van der Waals surface area contributed by atoms with Crippen molar-refractivity contribution in [3.05, 3.63) is 11.6 Å². The van der Waals surface area contributed by atoms with Gasteiger partial charge in [0.05, 0.1) is 0 Å². The van der Waals surface area contributed by atoms with Crippen LogP contribution in [0.3, 0.4) is 0 Å². The van der Waals surface area contributed by atoms with Crippen molar-refractivity contribution >= 4 is 5.97 Å². The first-order valence-electron chi connectivity index (χ1n) is 5.58. The lowest BCUT2D eigenvalue weighted by Gasteiger charge is -2.37. The van der Waals surface area contributed by atoms with Gasteiger partial charge in [0.2, 0.25) is 0 Å². The third-order valence-corrected chi connectivity index (χ3v) is 3.40. The minimum absolute atomic E-state index is 0.123. The SMILES string of the molecule is CC(=O)OC12CC=C(CCCC1)CC2. The molecule has 0 N–H and O–H groups in total. The first-order chi connectivity index (χ1) is 6.70. The van der Waals surface area contributed by atoms with Crippen LogP contribution in [0, 0.1) is 0 Å². The van der Waals surface area contributed by atoms with Gasteiger partial charge in [0.1, 0.15) is 5.60 Å². The molecule has 2 heteroatoms. The molecule has 2 bridgehead atoms. The molecular weight excluding hydrogens is 176 g/mol. The average molecular weight is 194 g/mol. The van der Waals surface area contributed by atoms with Crippen LogP contribution in [0.25, 0.3) is 0 Å². The van der Waals surface area contributed by atoms with Gasteiger partial charge in [-0.2, -0.15) is 0 Å². The molecule has 3 aliphatic carbocycles. The number of carbonyl (C=O) groups excluding carboxylic acids is 1. The van der Waals surface area contributed by atoms with Crippen LogP contribution >= 0.6 is 0 Å². The van der Waals surface area contributed by atoms with E-state index in [1.54, 1.807) is 5.57 Å². The Kier molecular flexibility index (Phi) is 2.62. The lowest BCUT2D eigenvalue weighted by Crippen LogP contribution is -2.37. The second-order valence-corrected chi connectivity index (χ2v) is 4.55. The van der Waals surface area contributed by atoms with E-state index in [1.807, 2.05) is 0 Å². The number of fused-ring (bicyclic) bond motifs is 5. The van der Waals surface area contributed by atoms with Gasteiger partial charge in [-0.05, 0) is 38.5 Å². The Labute approximate surface area is 85.3 Å². The molecule has 0 aliphatic heterocycles. The summed E-state index contributed by atoms with van der Waals surface area (Å²) in [5.41, 5.74) is 1.43. The highest BCUT2D eigenvalue weighted by Gasteiger charge is 2.35. The zero-order valence-corrected chi connectivity index (χ0v) is 8.84. The highest BCUT2D eigenvalue weighted by atomic mass is 16.6. The minimum Gasteiger partial charge on any atom is -0.459 e. The first-order valence-corrected chi connectivity index (χ1v) is 5.58. The number of esters is 1. The largest absolute Gasteiger partial charge is 0.459 e. The van der Waals surface area contributed by atoms with E-state index in [0.717, 1.165) is 25.7 Å². The minimum atomic E-state index is -0.143. The zero-order chi connectivity index (χ0) is 10.0. The molecule has 0 radical (unpaired) electrons. The summed E-state index contributed by atoms with van der Waals surface area (Å²) in [7, 11) is 0. The van der Waals surface area contributed by atoms with E-state index in [1.165, 1.54) is 26.2 Å². The quantitative estimate of drug-likeness (QED) is 0.474. The summed E-state index contributed by atoms with van der Waals surface area (Å²) < 4.78 is 5.52. The summed E-state index contributed by atoms with van der Waals surface area (Å²) in [4.78, 5) is 11.0. The molecule has 0 saturated heterocycles. The summed E-state index contributed by atoms with van der Waals surface area (Å²) >= 11 is 0. The van der Waals surface area contributed by atoms with Crippen LogP contribution in [0.15, 0.2) is 11.6 Å². The Morgan fingerprint density at radius 3 is 2.86 bits per heavy atom. The van der Waals surface area contributed by atoms with Crippen molar-refractivity contribution in [3.63, 3.8) is 0 Å². The zero-order valence-electron chi connectivity index (χ0n) is 8.84. The molecule has 0 spiro atoms. The van der Waals surface area contributed by atoms with Crippen molar-refractivity contribution in [1.82, 2.24) is 0 Å². The molecule has 0 aromatic rings. The summed E-state index contributed by atoms with van der Waals surface area (Å²) in [5, 5.41) is 0. The lowest BCUT2D eigenvalue weighted by atomic mass is 9.77. The molecule has 3 rings (SSSR count). The van der Waals surface area contributed by atoms with Crippen molar-refractivity contribution in [2.45, 2.75) is 57.5 Å². The third kappa shape index (κ3) is 1.99. The number of rotatable bonds is 1. The van der Waals surface area contributed by atoms with E-state index in [-0.39, 0.29) is 11.6 Å². The standard InChI is InChI=1S/C12H18O2/c1-10(13)14-12-7-3-2-4-11(5-8-12)6-9-12/h5H,2-4,6-9H2,1H3. The Balaban J connectivity index is 2.13. The Bertz CT molecular complexity index is 267. The number of allylic oxidation sites excluding steroid dienone is 1. The lowest BCUT2D eigenvalue weighted by molar-refractivity contribution is -0.159. The second kappa shape index (κ2) is 3.76. The number of hydrogen-bond acceptors (Lipinski definition) is 2. The second-order valence-electron chi connectivity index (χ2n) is 4.55. The smallest absolute Gasteiger partial charge is 0.303 e. The van der Waals surface area contributed by atoms with Gasteiger partial charge in [-0.25, -0.2) is 0 Å². The first kappa shape index (κ1) is 9.75. The van der Waals surface area contributed by atoms with E-state index >= 15 is 0 Å². The van der Waals surface area contributed by atoms with Crippen molar-refractivity contribution in [2.75, 3.05) is 0 Å². The highest BCUT2D eigenvalue weighted by Crippen LogP contribution is 2.39. The van der Waals surface area contributed by atoms with Crippen molar-refractivity contribution in [1.29, 1.82) is 0 Å². The summed E-state index contributed by atoms with van der Waals surface area (Å²) in [6, 6.07) is 0. The Hall–Kier alpha value is -0.790. The predicted octanol–water partition coefficient (Wildman–Crippen LogP) is 2.97. The molecule has 78 valence electrons. The maximum atomic E-state index is 11.0. The maximum absolute atomic E-state index is 11.0. The van der Waals surface area contributed by atoms with E-state index in [4.69, 9.17) is 4.74 Å². The fourth-order valence-electron chi connectivity index (χ4n) is 2.62. The van der Waals surface area contributed by atoms with E-state index in [0.29, 0.717) is 0 Å². The van der Waals surface area contributed by atoms with Crippen molar-refractivity contribution < 1.29 is 9.53 Å². The fraction of sp³-hybridized carbons (Fsp3) is 0.750. The Morgan fingerprint density at radius 2 is 2.21 bits per heavy atom. The monoisotopic (exact) mass is 194 g/mol. The van der Waals surface area contributed by atoms with E-state index in [9.17, 15) is 4.79 Å². The van der Waals surface area contributed by atoms with Gasteiger partial charge >= 0.3 is 5.97 Å². The topological polar surface area (TPSA) is 26.3 Å². The molecule has 0 aromatic heterocycles.